The number of rotatable bonds is 8. The molecule has 164 valence electrons. The lowest BCUT2D eigenvalue weighted by Gasteiger charge is -2.09. The molecule has 0 unspecified atom stereocenters. The molecule has 4 aromatic rings. The zero-order valence-electron chi connectivity index (χ0n) is 18.4. The summed E-state index contributed by atoms with van der Waals surface area (Å²) in [5, 5.41) is 11.2. The van der Waals surface area contributed by atoms with Gasteiger partial charge < -0.3 is 5.32 Å². The predicted molar refractivity (Wildman–Crippen MR) is 124 cm³/mol. The van der Waals surface area contributed by atoms with Crippen LogP contribution in [0.3, 0.4) is 0 Å². The SMILES string of the molecule is Cc1ccc(-n2ccn3c(CCC(=O)NCCCc4ccccc4)nnc3c2=O)cc1C. The lowest BCUT2D eigenvalue weighted by molar-refractivity contribution is -0.121. The van der Waals surface area contributed by atoms with Crippen LogP contribution in [0.5, 0.6) is 0 Å². The van der Waals surface area contributed by atoms with Crippen molar-refractivity contribution in [2.24, 2.45) is 0 Å². The van der Waals surface area contributed by atoms with Gasteiger partial charge in [0, 0.05) is 37.5 Å². The van der Waals surface area contributed by atoms with E-state index < -0.39 is 0 Å². The second-order valence-electron chi connectivity index (χ2n) is 7.99. The van der Waals surface area contributed by atoms with E-state index in [9.17, 15) is 9.59 Å². The van der Waals surface area contributed by atoms with Crippen LogP contribution in [0.1, 0.15) is 35.4 Å². The van der Waals surface area contributed by atoms with E-state index in [1.807, 2.05) is 50.2 Å². The van der Waals surface area contributed by atoms with Crippen molar-refractivity contribution in [2.45, 2.75) is 39.5 Å². The lowest BCUT2D eigenvalue weighted by Crippen LogP contribution is -2.25. The quantitative estimate of drug-likeness (QED) is 0.436. The van der Waals surface area contributed by atoms with Crippen molar-refractivity contribution in [1.82, 2.24) is 24.5 Å². The third-order valence-electron chi connectivity index (χ3n) is 5.69. The Hall–Kier alpha value is -3.74. The Balaban J connectivity index is 1.36. The van der Waals surface area contributed by atoms with Crippen molar-refractivity contribution in [2.75, 3.05) is 6.54 Å². The Labute approximate surface area is 186 Å². The molecule has 0 saturated carbocycles. The van der Waals surface area contributed by atoms with Crippen molar-refractivity contribution >= 4 is 11.6 Å². The molecule has 4 rings (SSSR count). The molecule has 0 spiro atoms. The zero-order valence-corrected chi connectivity index (χ0v) is 18.4. The molecule has 2 heterocycles. The van der Waals surface area contributed by atoms with Crippen LogP contribution >= 0.6 is 0 Å². The summed E-state index contributed by atoms with van der Waals surface area (Å²) >= 11 is 0. The van der Waals surface area contributed by atoms with Crippen molar-refractivity contribution in [3.8, 4) is 5.69 Å². The second kappa shape index (κ2) is 9.60. The lowest BCUT2D eigenvalue weighted by atomic mass is 10.1. The highest BCUT2D eigenvalue weighted by Crippen LogP contribution is 2.13. The third kappa shape index (κ3) is 4.77. The number of nitrogens with zero attached hydrogens (tertiary/aromatic N) is 4. The van der Waals surface area contributed by atoms with Gasteiger partial charge in [-0.15, -0.1) is 10.2 Å². The highest BCUT2D eigenvalue weighted by molar-refractivity contribution is 5.76. The van der Waals surface area contributed by atoms with Crippen LogP contribution < -0.4 is 10.9 Å². The maximum Gasteiger partial charge on any atom is 0.300 e. The highest BCUT2D eigenvalue weighted by atomic mass is 16.1. The number of benzene rings is 2. The topological polar surface area (TPSA) is 81.3 Å². The number of carbonyl (C=O) groups excluding carboxylic acids is 1. The molecule has 0 atom stereocenters. The van der Waals surface area contributed by atoms with Gasteiger partial charge in [-0.3, -0.25) is 18.6 Å². The van der Waals surface area contributed by atoms with Gasteiger partial charge in [0.05, 0.1) is 0 Å². The van der Waals surface area contributed by atoms with Gasteiger partial charge in [0.15, 0.2) is 0 Å². The molecule has 32 heavy (non-hydrogen) atoms. The molecule has 0 saturated heterocycles. The maximum absolute atomic E-state index is 12.9. The summed E-state index contributed by atoms with van der Waals surface area (Å²) in [6.45, 7) is 4.69. The number of aromatic nitrogens is 4. The molecule has 2 aromatic carbocycles. The average molecular weight is 430 g/mol. The van der Waals surface area contributed by atoms with Crippen molar-refractivity contribution in [1.29, 1.82) is 0 Å². The van der Waals surface area contributed by atoms with Crippen LogP contribution in [0.15, 0.2) is 65.7 Å². The van der Waals surface area contributed by atoms with E-state index >= 15 is 0 Å². The second-order valence-corrected chi connectivity index (χ2v) is 7.99. The molecule has 1 amide bonds. The Morgan fingerprint density at radius 1 is 0.969 bits per heavy atom. The first-order valence-corrected chi connectivity index (χ1v) is 10.9. The van der Waals surface area contributed by atoms with Gasteiger partial charge in [0.25, 0.3) is 0 Å². The minimum absolute atomic E-state index is 0.0294. The Morgan fingerprint density at radius 2 is 1.78 bits per heavy atom. The summed E-state index contributed by atoms with van der Waals surface area (Å²) in [5.41, 5.74) is 4.37. The number of hydrogen-bond acceptors (Lipinski definition) is 4. The van der Waals surface area contributed by atoms with Gasteiger partial charge in [-0.25, -0.2) is 0 Å². The van der Waals surface area contributed by atoms with E-state index in [2.05, 4.69) is 27.6 Å². The van der Waals surface area contributed by atoms with Gasteiger partial charge >= 0.3 is 5.56 Å². The fraction of sp³-hybridized carbons (Fsp3) is 0.280. The van der Waals surface area contributed by atoms with E-state index in [1.165, 1.54) is 11.1 Å². The first kappa shape index (κ1) is 21.5. The Kier molecular flexibility index (Phi) is 6.44. The predicted octanol–water partition coefficient (Wildman–Crippen LogP) is 3.18. The number of aryl methyl sites for hydroxylation is 4. The molecule has 0 aliphatic rings. The van der Waals surface area contributed by atoms with Gasteiger partial charge in [0.1, 0.15) is 5.82 Å². The summed E-state index contributed by atoms with van der Waals surface area (Å²) in [4.78, 5) is 25.1. The smallest absolute Gasteiger partial charge is 0.300 e. The number of amides is 1. The van der Waals surface area contributed by atoms with Crippen LogP contribution in [0.4, 0.5) is 0 Å². The van der Waals surface area contributed by atoms with Crippen LogP contribution in [0, 0.1) is 13.8 Å². The third-order valence-corrected chi connectivity index (χ3v) is 5.69. The van der Waals surface area contributed by atoms with E-state index in [1.54, 1.807) is 21.4 Å². The van der Waals surface area contributed by atoms with Gasteiger partial charge in [-0.2, -0.15) is 0 Å². The van der Waals surface area contributed by atoms with Crippen molar-refractivity contribution < 1.29 is 4.79 Å². The number of fused-ring (bicyclic) bond motifs is 1. The maximum atomic E-state index is 12.9. The molecule has 0 aliphatic heterocycles. The normalized spacial score (nSPS) is 11.1. The van der Waals surface area contributed by atoms with Gasteiger partial charge in [0.2, 0.25) is 11.6 Å². The van der Waals surface area contributed by atoms with E-state index in [4.69, 9.17) is 0 Å². The molecule has 0 aliphatic carbocycles. The fourth-order valence-electron chi connectivity index (χ4n) is 3.66. The Morgan fingerprint density at radius 3 is 2.56 bits per heavy atom. The molecule has 0 bridgehead atoms. The van der Waals surface area contributed by atoms with Crippen molar-refractivity contribution in [3.05, 3.63) is 93.8 Å². The molecular weight excluding hydrogens is 402 g/mol. The zero-order chi connectivity index (χ0) is 22.5. The van der Waals surface area contributed by atoms with E-state index in [-0.39, 0.29) is 17.1 Å². The molecule has 7 heteroatoms. The molecule has 7 nitrogen and oxygen atoms in total. The van der Waals surface area contributed by atoms with E-state index in [0.717, 1.165) is 24.1 Å². The summed E-state index contributed by atoms with van der Waals surface area (Å²) in [6, 6.07) is 16.1. The van der Waals surface area contributed by atoms with Crippen LogP contribution in [0.2, 0.25) is 0 Å². The molecular formula is C25H27N5O2. The summed E-state index contributed by atoms with van der Waals surface area (Å²) in [5.74, 6) is 0.571. The molecule has 2 aromatic heterocycles. The van der Waals surface area contributed by atoms with Crippen LogP contribution in [0.25, 0.3) is 11.3 Å². The monoisotopic (exact) mass is 429 g/mol. The fourth-order valence-corrected chi connectivity index (χ4v) is 3.66. The van der Waals surface area contributed by atoms with E-state index in [0.29, 0.717) is 25.2 Å². The standard InChI is InChI=1S/C25H27N5O2/c1-18-10-11-21(17-19(18)2)29-15-16-30-22(27-28-24(30)25(29)32)12-13-23(31)26-14-6-9-20-7-4-3-5-8-20/h3-5,7-8,10-11,15-17H,6,9,12-14H2,1-2H3,(H,26,31). The largest absolute Gasteiger partial charge is 0.356 e. The number of hydrogen-bond donors (Lipinski definition) is 1. The number of nitrogens with one attached hydrogen (secondary N) is 1. The average Bonchev–Trinajstić information content (AvgIpc) is 3.22. The van der Waals surface area contributed by atoms with Gasteiger partial charge in [-0.1, -0.05) is 36.4 Å². The minimum Gasteiger partial charge on any atom is -0.356 e. The molecule has 1 N–H and O–H groups in total. The highest BCUT2D eigenvalue weighted by Gasteiger charge is 2.13. The number of carbonyl (C=O) groups is 1. The summed E-state index contributed by atoms with van der Waals surface area (Å²) < 4.78 is 3.24. The first-order valence-electron chi connectivity index (χ1n) is 10.9. The van der Waals surface area contributed by atoms with Gasteiger partial charge in [-0.05, 0) is 55.5 Å². The Bertz CT molecular complexity index is 1290. The minimum atomic E-state index is -0.236. The first-order chi connectivity index (χ1) is 15.5. The molecule has 0 fully saturated rings. The van der Waals surface area contributed by atoms with Crippen LogP contribution in [-0.2, 0) is 17.6 Å². The van der Waals surface area contributed by atoms with Crippen molar-refractivity contribution in [3.63, 3.8) is 0 Å². The summed E-state index contributed by atoms with van der Waals surface area (Å²) in [7, 11) is 0. The molecule has 0 radical (unpaired) electrons. The summed E-state index contributed by atoms with van der Waals surface area (Å²) in [6.07, 6.45) is 6.03. The van der Waals surface area contributed by atoms with Crippen LogP contribution in [-0.4, -0.2) is 31.6 Å².